The van der Waals surface area contributed by atoms with Gasteiger partial charge in [-0.1, -0.05) is 23.7 Å². The van der Waals surface area contributed by atoms with Crippen LogP contribution in [-0.4, -0.2) is 10.8 Å². The van der Waals surface area contributed by atoms with E-state index in [1.807, 2.05) is 17.5 Å². The van der Waals surface area contributed by atoms with Gasteiger partial charge in [-0.25, -0.2) is 4.98 Å². The average Bonchev–Trinajstić information content (AvgIpc) is 2.67. The number of hydrogen-bond acceptors (Lipinski definition) is 4. The maximum Gasteiger partial charge on any atom is 0.180 e. The molecule has 0 aliphatic carbocycles. The van der Waals surface area contributed by atoms with Gasteiger partial charge in [0.15, 0.2) is 5.13 Å². The Morgan fingerprint density at radius 3 is 2.59 bits per heavy atom. The van der Waals surface area contributed by atoms with Gasteiger partial charge in [0.25, 0.3) is 0 Å². The molecule has 88 valence electrons. The first-order valence-corrected chi connectivity index (χ1v) is 6.35. The Bertz CT molecular complexity index is 522. The van der Waals surface area contributed by atoms with Crippen LogP contribution >= 0.6 is 22.9 Å². The minimum atomic E-state index is 0.123. The molecule has 0 unspecified atom stereocenters. The molecule has 0 radical (unpaired) electrons. The van der Waals surface area contributed by atoms with Gasteiger partial charge < -0.3 is 5.73 Å². The SMILES string of the molecule is Nc1nc(CC(=O)Cc2ccc(Cl)cc2)cs1. The molecule has 2 aromatic rings. The van der Waals surface area contributed by atoms with Crippen LogP contribution in [0.4, 0.5) is 5.13 Å². The lowest BCUT2D eigenvalue weighted by Gasteiger charge is -2.00. The van der Waals surface area contributed by atoms with E-state index in [1.54, 1.807) is 12.1 Å². The fraction of sp³-hybridized carbons (Fsp3) is 0.167. The topological polar surface area (TPSA) is 56.0 Å². The van der Waals surface area contributed by atoms with Crippen LogP contribution in [-0.2, 0) is 17.6 Å². The Morgan fingerprint density at radius 1 is 1.29 bits per heavy atom. The highest BCUT2D eigenvalue weighted by molar-refractivity contribution is 7.13. The molecule has 0 spiro atoms. The molecule has 0 amide bonds. The third-order valence-corrected chi connectivity index (χ3v) is 3.24. The monoisotopic (exact) mass is 266 g/mol. The molecule has 2 rings (SSSR count). The van der Waals surface area contributed by atoms with Crippen LogP contribution in [0.5, 0.6) is 0 Å². The van der Waals surface area contributed by atoms with Crippen molar-refractivity contribution in [2.75, 3.05) is 5.73 Å². The minimum absolute atomic E-state index is 0.123. The maximum atomic E-state index is 11.8. The number of anilines is 1. The Morgan fingerprint density at radius 2 is 2.00 bits per heavy atom. The molecule has 1 aromatic heterocycles. The molecule has 0 fully saturated rings. The number of rotatable bonds is 4. The van der Waals surface area contributed by atoms with Gasteiger partial charge in [-0.3, -0.25) is 4.79 Å². The zero-order valence-corrected chi connectivity index (χ0v) is 10.6. The van der Waals surface area contributed by atoms with Crippen molar-refractivity contribution in [1.82, 2.24) is 4.98 Å². The summed E-state index contributed by atoms with van der Waals surface area (Å²) in [5.74, 6) is 0.123. The second-order valence-electron chi connectivity index (χ2n) is 3.70. The molecule has 1 aromatic carbocycles. The minimum Gasteiger partial charge on any atom is -0.375 e. The fourth-order valence-electron chi connectivity index (χ4n) is 1.50. The number of thiazole rings is 1. The van der Waals surface area contributed by atoms with Gasteiger partial charge in [0.05, 0.1) is 5.69 Å². The molecule has 5 heteroatoms. The number of nitrogens with zero attached hydrogens (tertiary/aromatic N) is 1. The molecule has 0 aliphatic rings. The molecule has 0 saturated heterocycles. The van der Waals surface area contributed by atoms with Crippen LogP contribution in [0, 0.1) is 0 Å². The van der Waals surface area contributed by atoms with Crippen molar-refractivity contribution in [2.45, 2.75) is 12.8 Å². The van der Waals surface area contributed by atoms with E-state index in [2.05, 4.69) is 4.98 Å². The third kappa shape index (κ3) is 3.54. The summed E-state index contributed by atoms with van der Waals surface area (Å²) in [6.07, 6.45) is 0.727. The van der Waals surface area contributed by atoms with Crippen molar-refractivity contribution in [2.24, 2.45) is 0 Å². The Labute approximate surface area is 108 Å². The fourth-order valence-corrected chi connectivity index (χ4v) is 2.19. The number of nitrogen functional groups attached to an aromatic ring is 1. The number of hydrogen-bond donors (Lipinski definition) is 1. The number of Topliss-reactive ketones (excluding diaryl/α,β-unsaturated/α-hetero) is 1. The predicted molar refractivity (Wildman–Crippen MR) is 70.4 cm³/mol. The quantitative estimate of drug-likeness (QED) is 0.926. The third-order valence-electron chi connectivity index (χ3n) is 2.26. The number of halogens is 1. The van der Waals surface area contributed by atoms with E-state index in [9.17, 15) is 4.79 Å². The maximum absolute atomic E-state index is 11.8. The molecule has 17 heavy (non-hydrogen) atoms. The van der Waals surface area contributed by atoms with Crippen LogP contribution in [0.2, 0.25) is 5.02 Å². The highest BCUT2D eigenvalue weighted by Gasteiger charge is 2.07. The van der Waals surface area contributed by atoms with Crippen molar-refractivity contribution >= 4 is 33.9 Å². The summed E-state index contributed by atoms with van der Waals surface area (Å²) >= 11 is 7.12. The van der Waals surface area contributed by atoms with Gasteiger partial charge in [-0.05, 0) is 17.7 Å². The summed E-state index contributed by atoms with van der Waals surface area (Å²) in [6.45, 7) is 0. The number of aromatic nitrogens is 1. The van der Waals surface area contributed by atoms with Gasteiger partial charge in [0.2, 0.25) is 0 Å². The molecular weight excluding hydrogens is 256 g/mol. The summed E-state index contributed by atoms with van der Waals surface area (Å²) < 4.78 is 0. The van der Waals surface area contributed by atoms with Crippen molar-refractivity contribution in [3.63, 3.8) is 0 Å². The van der Waals surface area contributed by atoms with Gasteiger partial charge in [-0.2, -0.15) is 0 Å². The van der Waals surface area contributed by atoms with Crippen LogP contribution < -0.4 is 5.73 Å². The van der Waals surface area contributed by atoms with E-state index in [0.717, 1.165) is 11.3 Å². The van der Waals surface area contributed by atoms with E-state index in [0.29, 0.717) is 23.0 Å². The lowest BCUT2D eigenvalue weighted by molar-refractivity contribution is -0.117. The zero-order chi connectivity index (χ0) is 12.3. The standard InChI is InChI=1S/C12H11ClN2OS/c13-9-3-1-8(2-4-9)5-11(16)6-10-7-17-12(14)15-10/h1-4,7H,5-6H2,(H2,14,15). The predicted octanol–water partition coefficient (Wildman–Crippen LogP) is 2.73. The van der Waals surface area contributed by atoms with Gasteiger partial charge in [0.1, 0.15) is 5.78 Å². The number of carbonyl (C=O) groups excluding carboxylic acids is 1. The van der Waals surface area contributed by atoms with Crippen molar-refractivity contribution in [3.05, 3.63) is 45.9 Å². The van der Waals surface area contributed by atoms with Crippen molar-refractivity contribution in [1.29, 1.82) is 0 Å². The first-order chi connectivity index (χ1) is 8.13. The Kier molecular flexibility index (Phi) is 3.76. The lowest BCUT2D eigenvalue weighted by Crippen LogP contribution is -2.06. The van der Waals surface area contributed by atoms with Crippen LogP contribution in [0.25, 0.3) is 0 Å². The average molecular weight is 267 g/mol. The first-order valence-electron chi connectivity index (χ1n) is 5.09. The number of nitrogens with two attached hydrogens (primary N) is 1. The lowest BCUT2D eigenvalue weighted by atomic mass is 10.1. The van der Waals surface area contributed by atoms with E-state index in [1.165, 1.54) is 11.3 Å². The van der Waals surface area contributed by atoms with Crippen LogP contribution in [0.1, 0.15) is 11.3 Å². The summed E-state index contributed by atoms with van der Waals surface area (Å²) in [5.41, 5.74) is 7.21. The van der Waals surface area contributed by atoms with E-state index in [-0.39, 0.29) is 5.78 Å². The molecule has 0 saturated carbocycles. The number of carbonyl (C=O) groups is 1. The smallest absolute Gasteiger partial charge is 0.180 e. The summed E-state index contributed by atoms with van der Waals surface area (Å²) in [5, 5.41) is 2.99. The highest BCUT2D eigenvalue weighted by Crippen LogP contribution is 2.14. The van der Waals surface area contributed by atoms with Gasteiger partial charge >= 0.3 is 0 Å². The summed E-state index contributed by atoms with van der Waals surface area (Å²) in [7, 11) is 0. The molecule has 0 bridgehead atoms. The Hall–Kier alpha value is -1.39. The molecule has 1 heterocycles. The summed E-state index contributed by atoms with van der Waals surface area (Å²) in [4.78, 5) is 15.8. The van der Waals surface area contributed by atoms with Gasteiger partial charge in [-0.15, -0.1) is 11.3 Å². The molecule has 0 atom stereocenters. The van der Waals surface area contributed by atoms with Crippen molar-refractivity contribution < 1.29 is 4.79 Å². The largest absolute Gasteiger partial charge is 0.375 e. The molecule has 2 N–H and O–H groups in total. The van der Waals surface area contributed by atoms with Gasteiger partial charge in [0, 0.05) is 23.2 Å². The Balaban J connectivity index is 1.95. The number of benzene rings is 1. The zero-order valence-electron chi connectivity index (χ0n) is 9.02. The van der Waals surface area contributed by atoms with E-state index < -0.39 is 0 Å². The van der Waals surface area contributed by atoms with Crippen LogP contribution in [0.15, 0.2) is 29.6 Å². The van der Waals surface area contributed by atoms with E-state index >= 15 is 0 Å². The van der Waals surface area contributed by atoms with Crippen molar-refractivity contribution in [3.8, 4) is 0 Å². The molecule has 0 aliphatic heterocycles. The molecular formula is C12H11ClN2OS. The summed E-state index contributed by atoms with van der Waals surface area (Å²) in [6, 6.07) is 7.28. The van der Waals surface area contributed by atoms with Crippen LogP contribution in [0.3, 0.4) is 0 Å². The second-order valence-corrected chi connectivity index (χ2v) is 5.02. The normalized spacial score (nSPS) is 10.4. The molecule has 3 nitrogen and oxygen atoms in total. The van der Waals surface area contributed by atoms with E-state index in [4.69, 9.17) is 17.3 Å². The number of ketones is 1. The second kappa shape index (κ2) is 5.29. The first kappa shape index (κ1) is 12.1. The highest BCUT2D eigenvalue weighted by atomic mass is 35.5.